The topological polar surface area (TPSA) is 76.7 Å². The van der Waals surface area contributed by atoms with Crippen LogP contribution in [0.4, 0.5) is 0 Å². The Kier molecular flexibility index (Phi) is 5.92. The molecule has 1 aromatic carbocycles. The van der Waals surface area contributed by atoms with E-state index in [0.717, 1.165) is 37.9 Å². The Hall–Kier alpha value is -1.90. The molecule has 0 saturated carbocycles. The van der Waals surface area contributed by atoms with Gasteiger partial charge in [0, 0.05) is 68.3 Å². The van der Waals surface area contributed by atoms with E-state index in [1.54, 1.807) is 4.31 Å². The van der Waals surface area contributed by atoms with Gasteiger partial charge >= 0.3 is 0 Å². The number of para-hydroxylation sites is 1. The Morgan fingerprint density at radius 3 is 2.53 bits per heavy atom. The number of fused-ring (bicyclic) bond motifs is 1. The molecule has 0 bridgehead atoms. The zero-order valence-corrected chi connectivity index (χ0v) is 18.7. The van der Waals surface area contributed by atoms with Crippen LogP contribution in [0, 0.1) is 0 Å². The van der Waals surface area contributed by atoms with Crippen LogP contribution in [0.2, 0.25) is 0 Å². The van der Waals surface area contributed by atoms with E-state index in [9.17, 15) is 13.2 Å². The van der Waals surface area contributed by atoms with Crippen molar-refractivity contribution in [2.75, 3.05) is 45.5 Å². The number of piperazine rings is 1. The molecule has 8 heteroatoms. The fraction of sp³-hybridized carbons (Fsp3) is 0.591. The largest absolute Gasteiger partial charge is 0.361 e. The Morgan fingerprint density at radius 2 is 1.87 bits per heavy atom. The van der Waals surface area contributed by atoms with Crippen molar-refractivity contribution in [1.82, 2.24) is 19.1 Å². The van der Waals surface area contributed by atoms with Gasteiger partial charge in [0.05, 0.1) is 6.26 Å². The minimum atomic E-state index is -3.15. The summed E-state index contributed by atoms with van der Waals surface area (Å²) in [6, 6.07) is 8.18. The van der Waals surface area contributed by atoms with E-state index in [0.29, 0.717) is 32.6 Å². The number of amides is 1. The standard InChI is InChI=1S/C22H32N4O3S/c1-3-22(10-11-26(17-22)30(2,28)29)25-14-12-24(13-15-25)21(27)9-8-18-16-23-20-7-5-4-6-19(18)20/h4-7,16,23H,3,8-15,17H2,1-2H3/t22-/m1/s1. The smallest absolute Gasteiger partial charge is 0.222 e. The van der Waals surface area contributed by atoms with Crippen LogP contribution >= 0.6 is 0 Å². The van der Waals surface area contributed by atoms with Gasteiger partial charge in [0.25, 0.3) is 0 Å². The third-order valence-corrected chi connectivity index (χ3v) is 8.26. The van der Waals surface area contributed by atoms with Gasteiger partial charge in [-0.1, -0.05) is 25.1 Å². The van der Waals surface area contributed by atoms with Crippen molar-refractivity contribution in [1.29, 1.82) is 0 Å². The number of aromatic amines is 1. The number of rotatable bonds is 6. The average Bonchev–Trinajstić information content (AvgIpc) is 3.37. The van der Waals surface area contributed by atoms with Crippen LogP contribution in [0.15, 0.2) is 30.5 Å². The molecule has 1 N–H and O–H groups in total. The van der Waals surface area contributed by atoms with E-state index in [-0.39, 0.29) is 11.4 Å². The summed E-state index contributed by atoms with van der Waals surface area (Å²) in [7, 11) is -3.15. The van der Waals surface area contributed by atoms with Crippen LogP contribution in [0.1, 0.15) is 31.7 Å². The second-order valence-electron chi connectivity index (χ2n) is 8.65. The summed E-state index contributed by atoms with van der Waals surface area (Å²) in [6.07, 6.45) is 6.35. The molecule has 1 aromatic heterocycles. The Morgan fingerprint density at radius 1 is 1.13 bits per heavy atom. The minimum Gasteiger partial charge on any atom is -0.361 e. The van der Waals surface area contributed by atoms with Crippen molar-refractivity contribution in [2.24, 2.45) is 0 Å². The lowest BCUT2D eigenvalue weighted by Crippen LogP contribution is -2.59. The Bertz CT molecular complexity index is 1010. The van der Waals surface area contributed by atoms with E-state index < -0.39 is 10.0 Å². The van der Waals surface area contributed by atoms with Gasteiger partial charge in [-0.25, -0.2) is 12.7 Å². The molecule has 0 radical (unpaired) electrons. The molecule has 0 spiro atoms. The first-order chi connectivity index (χ1) is 14.3. The van der Waals surface area contributed by atoms with Gasteiger partial charge in [-0.2, -0.15) is 0 Å². The van der Waals surface area contributed by atoms with Crippen molar-refractivity contribution in [3.05, 3.63) is 36.0 Å². The maximum absolute atomic E-state index is 12.8. The molecule has 7 nitrogen and oxygen atoms in total. The highest BCUT2D eigenvalue weighted by Crippen LogP contribution is 2.33. The number of nitrogens with zero attached hydrogens (tertiary/aromatic N) is 3. The lowest BCUT2D eigenvalue weighted by atomic mass is 9.92. The molecule has 30 heavy (non-hydrogen) atoms. The molecule has 2 aliphatic heterocycles. The molecule has 2 aromatic rings. The predicted octanol–water partition coefficient (Wildman–Crippen LogP) is 2.06. The highest BCUT2D eigenvalue weighted by molar-refractivity contribution is 7.88. The van der Waals surface area contributed by atoms with Crippen molar-refractivity contribution in [3.8, 4) is 0 Å². The van der Waals surface area contributed by atoms with Gasteiger partial charge in [-0.15, -0.1) is 0 Å². The van der Waals surface area contributed by atoms with Crippen molar-refractivity contribution in [2.45, 2.75) is 38.1 Å². The number of carbonyl (C=O) groups is 1. The van der Waals surface area contributed by atoms with E-state index >= 15 is 0 Å². The molecule has 164 valence electrons. The quantitative estimate of drug-likeness (QED) is 0.758. The summed E-state index contributed by atoms with van der Waals surface area (Å²) < 4.78 is 25.5. The first kappa shape index (κ1) is 21.3. The number of benzene rings is 1. The van der Waals surface area contributed by atoms with Crippen molar-refractivity contribution in [3.63, 3.8) is 0 Å². The molecule has 2 fully saturated rings. The normalized spacial score (nSPS) is 24.0. The molecule has 0 aliphatic carbocycles. The summed E-state index contributed by atoms with van der Waals surface area (Å²) in [5, 5.41) is 1.19. The molecule has 3 heterocycles. The highest BCUT2D eigenvalue weighted by Gasteiger charge is 2.45. The molecule has 2 aliphatic rings. The molecule has 1 amide bonds. The zero-order chi connectivity index (χ0) is 21.4. The van der Waals surface area contributed by atoms with Crippen LogP contribution in [-0.2, 0) is 21.2 Å². The van der Waals surface area contributed by atoms with E-state index in [1.807, 2.05) is 23.2 Å². The fourth-order valence-electron chi connectivity index (χ4n) is 5.04. The lowest BCUT2D eigenvalue weighted by Gasteiger charge is -2.45. The Balaban J connectivity index is 1.32. The third-order valence-electron chi connectivity index (χ3n) is 7.01. The highest BCUT2D eigenvalue weighted by atomic mass is 32.2. The lowest BCUT2D eigenvalue weighted by molar-refractivity contribution is -0.133. The van der Waals surface area contributed by atoms with Crippen LogP contribution in [0.3, 0.4) is 0 Å². The van der Waals surface area contributed by atoms with Crippen LogP contribution in [0.5, 0.6) is 0 Å². The number of hydrogen-bond acceptors (Lipinski definition) is 4. The molecular formula is C22H32N4O3S. The van der Waals surface area contributed by atoms with Gasteiger partial charge in [0.1, 0.15) is 0 Å². The van der Waals surface area contributed by atoms with Gasteiger partial charge in [-0.3, -0.25) is 9.69 Å². The number of aromatic nitrogens is 1. The molecule has 0 unspecified atom stereocenters. The number of hydrogen-bond donors (Lipinski definition) is 1. The monoisotopic (exact) mass is 432 g/mol. The second-order valence-corrected chi connectivity index (χ2v) is 10.6. The third kappa shape index (κ3) is 4.13. The number of sulfonamides is 1. The van der Waals surface area contributed by atoms with Crippen molar-refractivity contribution >= 4 is 26.8 Å². The molecule has 4 rings (SSSR count). The van der Waals surface area contributed by atoms with E-state index in [2.05, 4.69) is 28.9 Å². The van der Waals surface area contributed by atoms with Crippen LogP contribution < -0.4 is 0 Å². The molecular weight excluding hydrogens is 400 g/mol. The maximum Gasteiger partial charge on any atom is 0.222 e. The second kappa shape index (κ2) is 8.32. The number of nitrogens with one attached hydrogen (secondary N) is 1. The number of aryl methyl sites for hydroxylation is 1. The van der Waals surface area contributed by atoms with Gasteiger partial charge in [-0.05, 0) is 30.9 Å². The zero-order valence-electron chi connectivity index (χ0n) is 17.9. The molecule has 2 saturated heterocycles. The Labute approximate surface area is 179 Å². The number of H-pyrrole nitrogens is 1. The fourth-order valence-corrected chi connectivity index (χ4v) is 5.94. The summed E-state index contributed by atoms with van der Waals surface area (Å²) >= 11 is 0. The summed E-state index contributed by atoms with van der Waals surface area (Å²) in [6.45, 7) is 6.35. The number of carbonyl (C=O) groups excluding carboxylic acids is 1. The summed E-state index contributed by atoms with van der Waals surface area (Å²) in [5.41, 5.74) is 2.20. The van der Waals surface area contributed by atoms with Crippen molar-refractivity contribution < 1.29 is 13.2 Å². The summed E-state index contributed by atoms with van der Waals surface area (Å²) in [5.74, 6) is 0.203. The maximum atomic E-state index is 12.8. The van der Waals surface area contributed by atoms with Crippen LogP contribution in [0.25, 0.3) is 10.9 Å². The van der Waals surface area contributed by atoms with E-state index in [4.69, 9.17) is 0 Å². The first-order valence-corrected chi connectivity index (χ1v) is 12.7. The van der Waals surface area contributed by atoms with Gasteiger partial charge in [0.2, 0.25) is 15.9 Å². The van der Waals surface area contributed by atoms with Gasteiger partial charge < -0.3 is 9.88 Å². The van der Waals surface area contributed by atoms with Crippen LogP contribution in [-0.4, -0.2) is 84.5 Å². The van der Waals surface area contributed by atoms with Gasteiger partial charge in [0.15, 0.2) is 0 Å². The first-order valence-electron chi connectivity index (χ1n) is 10.9. The minimum absolute atomic E-state index is 0.0950. The average molecular weight is 433 g/mol. The summed E-state index contributed by atoms with van der Waals surface area (Å²) in [4.78, 5) is 20.5. The van der Waals surface area contributed by atoms with E-state index in [1.165, 1.54) is 17.2 Å². The SMILES string of the molecule is CC[C@@]1(N2CCN(C(=O)CCc3c[nH]c4ccccc34)CC2)CCN(S(C)(=O)=O)C1. The molecule has 1 atom stereocenters. The predicted molar refractivity (Wildman–Crippen MR) is 119 cm³/mol.